The Morgan fingerprint density at radius 2 is 2.00 bits per heavy atom. The van der Waals surface area contributed by atoms with Crippen LogP contribution in [0.25, 0.3) is 5.65 Å². The molecule has 0 radical (unpaired) electrons. The maximum atomic E-state index is 13.5. The minimum Gasteiger partial charge on any atom is -0.337 e. The van der Waals surface area contributed by atoms with Gasteiger partial charge in [-0.25, -0.2) is 9.50 Å². The maximum absolute atomic E-state index is 13.5. The summed E-state index contributed by atoms with van der Waals surface area (Å²) in [5.74, 6) is -0.0130. The highest BCUT2D eigenvalue weighted by atomic mass is 16.2. The second-order valence-corrected chi connectivity index (χ2v) is 9.49. The zero-order valence-electron chi connectivity index (χ0n) is 17.0. The first kappa shape index (κ1) is 17.6. The van der Waals surface area contributed by atoms with Crippen LogP contribution in [0.3, 0.4) is 0 Å². The number of amides is 2. The van der Waals surface area contributed by atoms with Gasteiger partial charge in [-0.2, -0.15) is 5.10 Å². The van der Waals surface area contributed by atoms with E-state index in [2.05, 4.69) is 15.0 Å². The van der Waals surface area contributed by atoms with Crippen molar-refractivity contribution in [3.05, 3.63) is 29.2 Å². The number of aromatic nitrogens is 3. The lowest BCUT2D eigenvalue weighted by Crippen LogP contribution is -2.47. The molecule has 0 spiro atoms. The normalized spacial score (nSPS) is 27.0. The smallest absolute Gasteiger partial charge is 0.228 e. The fourth-order valence-electron chi connectivity index (χ4n) is 5.27. The monoisotopic (exact) mass is 381 g/mol. The zero-order chi connectivity index (χ0) is 19.8. The molecule has 3 aliphatic rings. The summed E-state index contributed by atoms with van der Waals surface area (Å²) in [4.78, 5) is 34.4. The highest BCUT2D eigenvalue weighted by Crippen LogP contribution is 2.45. The molecule has 5 rings (SSSR count). The Labute approximate surface area is 164 Å². The Morgan fingerprint density at radius 3 is 2.71 bits per heavy atom. The molecule has 2 fully saturated rings. The molecule has 0 unspecified atom stereocenters. The van der Waals surface area contributed by atoms with Gasteiger partial charge in [-0.05, 0) is 40.5 Å². The quantitative estimate of drug-likeness (QED) is 0.760. The summed E-state index contributed by atoms with van der Waals surface area (Å²) in [5.41, 5.74) is 3.90. The van der Waals surface area contributed by atoms with Crippen LogP contribution in [0.2, 0.25) is 0 Å². The van der Waals surface area contributed by atoms with Gasteiger partial charge >= 0.3 is 0 Å². The van der Waals surface area contributed by atoms with Crippen LogP contribution in [0.15, 0.2) is 12.3 Å². The van der Waals surface area contributed by atoms with Crippen LogP contribution in [-0.2, 0) is 16.0 Å². The number of likely N-dealkylation sites (tertiary alicyclic amines) is 1. The van der Waals surface area contributed by atoms with Crippen LogP contribution in [0.5, 0.6) is 0 Å². The molecule has 5 heterocycles. The van der Waals surface area contributed by atoms with Gasteiger partial charge in [0.1, 0.15) is 0 Å². The Morgan fingerprint density at radius 1 is 1.21 bits per heavy atom. The van der Waals surface area contributed by atoms with Gasteiger partial charge in [-0.15, -0.1) is 0 Å². The van der Waals surface area contributed by atoms with Gasteiger partial charge in [-0.1, -0.05) is 0 Å². The number of rotatable bonds is 1. The van der Waals surface area contributed by atoms with Crippen LogP contribution in [0.1, 0.15) is 63.0 Å². The van der Waals surface area contributed by atoms with Crippen LogP contribution in [-0.4, -0.2) is 54.3 Å². The molecule has 7 nitrogen and oxygen atoms in total. The molecule has 2 amide bonds. The van der Waals surface area contributed by atoms with Crippen LogP contribution < -0.4 is 0 Å². The molecule has 148 valence electrons. The standard InChI is InChI=1S/C21H27N5O2/c1-12-7-18-22-10-15-16-6-5-14(9-17(15)26(18)23-12)25(16)20(28)13-8-19(27)24(11-13)21(2,3)4/h7,10,13-14,16H,5-6,8-9,11H2,1-4H3/t13-,14-,16+/m1/s1. The van der Waals surface area contributed by atoms with E-state index in [0.717, 1.165) is 36.2 Å². The van der Waals surface area contributed by atoms with Gasteiger partial charge in [0.15, 0.2) is 5.65 Å². The van der Waals surface area contributed by atoms with Crippen LogP contribution in [0, 0.1) is 12.8 Å². The van der Waals surface area contributed by atoms with E-state index in [-0.39, 0.29) is 35.4 Å². The van der Waals surface area contributed by atoms with E-state index in [1.807, 2.05) is 49.4 Å². The molecule has 0 aliphatic carbocycles. The Kier molecular flexibility index (Phi) is 3.64. The summed E-state index contributed by atoms with van der Waals surface area (Å²) < 4.78 is 1.96. The number of hydrogen-bond acceptors (Lipinski definition) is 4. The molecule has 7 heteroatoms. The van der Waals surface area contributed by atoms with Gasteiger partial charge in [0.25, 0.3) is 0 Å². The van der Waals surface area contributed by atoms with Crippen molar-refractivity contribution in [1.82, 2.24) is 24.4 Å². The molecular formula is C21H27N5O2. The molecule has 2 aromatic rings. The van der Waals surface area contributed by atoms with E-state index in [0.29, 0.717) is 13.0 Å². The first-order valence-electron chi connectivity index (χ1n) is 10.2. The number of nitrogens with zero attached hydrogens (tertiary/aromatic N) is 5. The number of aryl methyl sites for hydroxylation is 1. The van der Waals surface area contributed by atoms with E-state index in [4.69, 9.17) is 0 Å². The molecule has 3 atom stereocenters. The summed E-state index contributed by atoms with van der Waals surface area (Å²) >= 11 is 0. The molecule has 2 bridgehead atoms. The first-order chi connectivity index (χ1) is 13.2. The van der Waals surface area contributed by atoms with Crippen molar-refractivity contribution < 1.29 is 9.59 Å². The molecule has 0 N–H and O–H groups in total. The third-order valence-corrected chi connectivity index (χ3v) is 6.57. The van der Waals surface area contributed by atoms with Crippen LogP contribution >= 0.6 is 0 Å². The summed E-state index contributed by atoms with van der Waals surface area (Å²) in [6, 6.07) is 2.24. The molecule has 0 aromatic carbocycles. The summed E-state index contributed by atoms with van der Waals surface area (Å²) in [5, 5.41) is 4.62. The topological polar surface area (TPSA) is 70.8 Å². The molecule has 28 heavy (non-hydrogen) atoms. The van der Waals surface area contributed by atoms with Crippen molar-refractivity contribution in [2.24, 2.45) is 5.92 Å². The molecule has 2 saturated heterocycles. The largest absolute Gasteiger partial charge is 0.337 e. The maximum Gasteiger partial charge on any atom is 0.228 e. The third-order valence-electron chi connectivity index (χ3n) is 6.57. The summed E-state index contributed by atoms with van der Waals surface area (Å²) in [7, 11) is 0. The Hall–Kier alpha value is -2.44. The van der Waals surface area contributed by atoms with Gasteiger partial charge in [0, 0.05) is 48.8 Å². The molecule has 3 aliphatic heterocycles. The first-order valence-corrected chi connectivity index (χ1v) is 10.2. The number of fused-ring (bicyclic) bond motifs is 6. The molecule has 0 saturated carbocycles. The van der Waals surface area contributed by atoms with Crippen molar-refractivity contribution in [2.45, 2.75) is 71.0 Å². The second-order valence-electron chi connectivity index (χ2n) is 9.49. The lowest BCUT2D eigenvalue weighted by Gasteiger charge is -2.38. The van der Waals surface area contributed by atoms with Gasteiger partial charge in [-0.3, -0.25) is 9.59 Å². The van der Waals surface area contributed by atoms with Gasteiger partial charge < -0.3 is 9.80 Å². The average Bonchev–Trinajstić information content (AvgIpc) is 3.28. The minimum absolute atomic E-state index is 0.0569. The lowest BCUT2D eigenvalue weighted by molar-refractivity contribution is -0.139. The minimum atomic E-state index is -0.243. The number of carbonyl (C=O) groups excluding carboxylic acids is 2. The predicted molar refractivity (Wildman–Crippen MR) is 104 cm³/mol. The third kappa shape index (κ3) is 2.48. The van der Waals surface area contributed by atoms with Crippen molar-refractivity contribution in [3.63, 3.8) is 0 Å². The van der Waals surface area contributed by atoms with Crippen molar-refractivity contribution >= 4 is 17.5 Å². The van der Waals surface area contributed by atoms with Gasteiger partial charge in [0.2, 0.25) is 11.8 Å². The van der Waals surface area contributed by atoms with E-state index in [1.165, 1.54) is 5.69 Å². The Balaban J connectivity index is 1.46. The zero-order valence-corrected chi connectivity index (χ0v) is 17.0. The van der Waals surface area contributed by atoms with E-state index >= 15 is 0 Å². The SMILES string of the molecule is Cc1cc2ncc3c(n2n1)C[C@H]1CC[C@@H]3N1C(=O)[C@@H]1CC(=O)N(C(C)(C)C)C1. The van der Waals surface area contributed by atoms with E-state index < -0.39 is 0 Å². The fraction of sp³-hybridized carbons (Fsp3) is 0.619. The molecule has 2 aromatic heterocycles. The van der Waals surface area contributed by atoms with Crippen molar-refractivity contribution in [2.75, 3.05) is 6.54 Å². The Bertz CT molecular complexity index is 989. The van der Waals surface area contributed by atoms with Crippen molar-refractivity contribution in [1.29, 1.82) is 0 Å². The van der Waals surface area contributed by atoms with Crippen molar-refractivity contribution in [3.8, 4) is 0 Å². The highest BCUT2D eigenvalue weighted by Gasteiger charge is 2.48. The molecular weight excluding hydrogens is 354 g/mol. The predicted octanol–water partition coefficient (Wildman–Crippen LogP) is 2.27. The second kappa shape index (κ2) is 5.78. The summed E-state index contributed by atoms with van der Waals surface area (Å²) in [6.07, 6.45) is 5.02. The van der Waals surface area contributed by atoms with Gasteiger partial charge in [0.05, 0.1) is 23.3 Å². The highest BCUT2D eigenvalue weighted by molar-refractivity contribution is 5.90. The summed E-state index contributed by atoms with van der Waals surface area (Å²) in [6.45, 7) is 8.59. The average molecular weight is 381 g/mol. The van der Waals surface area contributed by atoms with E-state index in [9.17, 15) is 9.59 Å². The van der Waals surface area contributed by atoms with Crippen LogP contribution in [0.4, 0.5) is 0 Å². The fourth-order valence-corrected chi connectivity index (χ4v) is 5.27. The lowest BCUT2D eigenvalue weighted by atomic mass is 9.96. The number of carbonyl (C=O) groups is 2. The number of hydrogen-bond donors (Lipinski definition) is 0. The van der Waals surface area contributed by atoms with E-state index in [1.54, 1.807) is 0 Å².